The summed E-state index contributed by atoms with van der Waals surface area (Å²) in [6, 6.07) is 6.29. The fourth-order valence-electron chi connectivity index (χ4n) is 4.45. The van der Waals surface area contributed by atoms with Gasteiger partial charge in [-0.2, -0.15) is 0 Å². The number of amides is 2. The van der Waals surface area contributed by atoms with Crippen LogP contribution in [0.1, 0.15) is 50.6 Å². The van der Waals surface area contributed by atoms with Crippen LogP contribution in [0.3, 0.4) is 0 Å². The van der Waals surface area contributed by atoms with Gasteiger partial charge in [0.05, 0.1) is 5.69 Å². The number of nitrogens with zero attached hydrogens (tertiary/aromatic N) is 3. The molecule has 6 heteroatoms. The molecule has 0 bridgehead atoms. The summed E-state index contributed by atoms with van der Waals surface area (Å²) in [5, 5.41) is 3.22. The Balaban J connectivity index is 1.13. The lowest BCUT2D eigenvalue weighted by molar-refractivity contribution is -0.133. The molecule has 3 fully saturated rings. The van der Waals surface area contributed by atoms with Gasteiger partial charge in [-0.3, -0.25) is 19.5 Å². The van der Waals surface area contributed by atoms with Crippen LogP contribution in [0.2, 0.25) is 0 Å². The second-order valence-corrected chi connectivity index (χ2v) is 8.69. The number of nitrogens with one attached hydrogen (secondary N) is 1. The number of hydrogen-bond donors (Lipinski definition) is 1. The van der Waals surface area contributed by atoms with Gasteiger partial charge in [-0.25, -0.2) is 0 Å². The monoisotopic (exact) mass is 384 g/mol. The van der Waals surface area contributed by atoms with Crippen molar-refractivity contribution in [1.82, 2.24) is 20.1 Å². The zero-order chi connectivity index (χ0) is 19.3. The first-order valence-electron chi connectivity index (χ1n) is 10.9. The number of likely N-dealkylation sites (tertiary alicyclic amines) is 2. The highest BCUT2D eigenvalue weighted by Crippen LogP contribution is 2.32. The average Bonchev–Trinajstić information content (AvgIpc) is 3.56. The molecular formula is C22H32N4O2. The highest BCUT2D eigenvalue weighted by molar-refractivity contribution is 5.81. The Labute approximate surface area is 167 Å². The molecular weight excluding hydrogens is 352 g/mol. The third kappa shape index (κ3) is 5.31. The molecule has 1 N–H and O–H groups in total. The first-order chi connectivity index (χ1) is 13.7. The number of carbonyl (C=O) groups is 2. The number of piperidine rings is 2. The largest absolute Gasteiger partial charge is 0.353 e. The zero-order valence-electron chi connectivity index (χ0n) is 16.7. The molecule has 0 unspecified atom stereocenters. The predicted molar refractivity (Wildman–Crippen MR) is 107 cm³/mol. The van der Waals surface area contributed by atoms with Crippen molar-refractivity contribution < 1.29 is 9.59 Å². The van der Waals surface area contributed by atoms with Crippen molar-refractivity contribution >= 4 is 11.8 Å². The van der Waals surface area contributed by atoms with Crippen LogP contribution in [-0.4, -0.2) is 58.8 Å². The van der Waals surface area contributed by atoms with E-state index in [4.69, 9.17) is 0 Å². The molecule has 3 heterocycles. The average molecular weight is 385 g/mol. The van der Waals surface area contributed by atoms with Crippen LogP contribution in [0.4, 0.5) is 0 Å². The Morgan fingerprint density at radius 2 is 1.75 bits per heavy atom. The summed E-state index contributed by atoms with van der Waals surface area (Å²) in [6.07, 6.45) is 8.56. The van der Waals surface area contributed by atoms with Gasteiger partial charge in [0.25, 0.3) is 0 Å². The Bertz CT molecular complexity index is 660. The molecule has 2 saturated heterocycles. The van der Waals surface area contributed by atoms with E-state index in [-0.39, 0.29) is 11.9 Å². The van der Waals surface area contributed by atoms with E-state index in [1.807, 2.05) is 23.2 Å². The van der Waals surface area contributed by atoms with Crippen molar-refractivity contribution in [2.24, 2.45) is 11.8 Å². The molecule has 1 saturated carbocycles. The van der Waals surface area contributed by atoms with Crippen LogP contribution in [0, 0.1) is 11.8 Å². The van der Waals surface area contributed by atoms with E-state index in [0.29, 0.717) is 24.2 Å². The van der Waals surface area contributed by atoms with Crippen LogP contribution in [-0.2, 0) is 16.1 Å². The van der Waals surface area contributed by atoms with Gasteiger partial charge in [-0.1, -0.05) is 6.07 Å². The van der Waals surface area contributed by atoms with Gasteiger partial charge in [-0.15, -0.1) is 0 Å². The van der Waals surface area contributed by atoms with Crippen LogP contribution < -0.4 is 5.32 Å². The van der Waals surface area contributed by atoms with Gasteiger partial charge in [-0.05, 0) is 69.7 Å². The fraction of sp³-hybridized carbons (Fsp3) is 0.682. The van der Waals surface area contributed by atoms with Crippen molar-refractivity contribution in [2.75, 3.05) is 26.2 Å². The lowest BCUT2D eigenvalue weighted by Crippen LogP contribution is -2.47. The molecule has 0 spiro atoms. The standard InChI is InChI=1S/C22H32N4O2/c27-21(24-19-8-13-26(14-9-19)22(28)18-4-5-18)15-17-6-11-25(12-7-17)16-20-3-1-2-10-23-20/h1-3,10,17-19H,4-9,11-16H2,(H,24,27). The van der Waals surface area contributed by atoms with Gasteiger partial charge in [0.2, 0.25) is 11.8 Å². The van der Waals surface area contributed by atoms with E-state index in [9.17, 15) is 9.59 Å². The molecule has 1 aliphatic carbocycles. The summed E-state index contributed by atoms with van der Waals surface area (Å²) in [5.74, 6) is 1.31. The van der Waals surface area contributed by atoms with E-state index in [2.05, 4.69) is 21.3 Å². The molecule has 2 amide bonds. The van der Waals surface area contributed by atoms with Gasteiger partial charge >= 0.3 is 0 Å². The van der Waals surface area contributed by atoms with Crippen molar-refractivity contribution in [3.63, 3.8) is 0 Å². The van der Waals surface area contributed by atoms with Gasteiger partial charge in [0, 0.05) is 44.2 Å². The summed E-state index contributed by atoms with van der Waals surface area (Å²) in [7, 11) is 0. The SMILES string of the molecule is O=C(CC1CCN(Cc2ccccn2)CC1)NC1CCN(C(=O)C2CC2)CC1. The topological polar surface area (TPSA) is 65.5 Å². The first-order valence-corrected chi connectivity index (χ1v) is 10.9. The molecule has 0 aromatic carbocycles. The Morgan fingerprint density at radius 1 is 1.00 bits per heavy atom. The first kappa shape index (κ1) is 19.4. The Morgan fingerprint density at radius 3 is 2.39 bits per heavy atom. The quantitative estimate of drug-likeness (QED) is 0.817. The maximum atomic E-state index is 12.5. The van der Waals surface area contributed by atoms with E-state index in [1.54, 1.807) is 0 Å². The molecule has 0 radical (unpaired) electrons. The Kier molecular flexibility index (Phi) is 6.25. The lowest BCUT2D eigenvalue weighted by atomic mass is 9.92. The second-order valence-electron chi connectivity index (χ2n) is 8.69. The second kappa shape index (κ2) is 9.03. The summed E-state index contributed by atoms with van der Waals surface area (Å²) < 4.78 is 0. The molecule has 3 aliphatic rings. The van der Waals surface area contributed by atoms with E-state index in [0.717, 1.165) is 76.9 Å². The zero-order valence-corrected chi connectivity index (χ0v) is 16.7. The fourth-order valence-corrected chi connectivity index (χ4v) is 4.45. The summed E-state index contributed by atoms with van der Waals surface area (Å²) in [6.45, 7) is 4.57. The molecule has 1 aromatic rings. The number of pyridine rings is 1. The predicted octanol–water partition coefficient (Wildman–Crippen LogP) is 2.20. The Hall–Kier alpha value is -1.95. The van der Waals surface area contributed by atoms with Crippen molar-refractivity contribution in [3.8, 4) is 0 Å². The molecule has 6 nitrogen and oxygen atoms in total. The number of hydrogen-bond acceptors (Lipinski definition) is 4. The molecule has 2 aliphatic heterocycles. The van der Waals surface area contributed by atoms with Crippen molar-refractivity contribution in [3.05, 3.63) is 30.1 Å². The molecule has 1 aromatic heterocycles. The highest BCUT2D eigenvalue weighted by Gasteiger charge is 2.35. The maximum Gasteiger partial charge on any atom is 0.225 e. The van der Waals surface area contributed by atoms with Crippen molar-refractivity contribution in [2.45, 2.75) is 57.5 Å². The van der Waals surface area contributed by atoms with Gasteiger partial charge < -0.3 is 10.2 Å². The van der Waals surface area contributed by atoms with Crippen molar-refractivity contribution in [1.29, 1.82) is 0 Å². The third-order valence-electron chi connectivity index (χ3n) is 6.39. The highest BCUT2D eigenvalue weighted by atomic mass is 16.2. The molecule has 152 valence electrons. The van der Waals surface area contributed by atoms with Crippen LogP contribution >= 0.6 is 0 Å². The smallest absolute Gasteiger partial charge is 0.225 e. The summed E-state index contributed by atoms with van der Waals surface area (Å²) in [5.41, 5.74) is 1.12. The summed E-state index contributed by atoms with van der Waals surface area (Å²) >= 11 is 0. The number of aromatic nitrogens is 1. The minimum atomic E-state index is 0.190. The molecule has 28 heavy (non-hydrogen) atoms. The minimum absolute atomic E-state index is 0.190. The normalized spacial score (nSPS) is 22.2. The van der Waals surface area contributed by atoms with Crippen LogP contribution in [0.5, 0.6) is 0 Å². The van der Waals surface area contributed by atoms with Gasteiger partial charge in [0.1, 0.15) is 0 Å². The number of rotatable bonds is 6. The van der Waals surface area contributed by atoms with E-state index in [1.165, 1.54) is 0 Å². The molecule has 4 rings (SSSR count). The minimum Gasteiger partial charge on any atom is -0.353 e. The van der Waals surface area contributed by atoms with Gasteiger partial charge in [0.15, 0.2) is 0 Å². The molecule has 0 atom stereocenters. The summed E-state index contributed by atoms with van der Waals surface area (Å²) in [4.78, 5) is 33.4. The third-order valence-corrected chi connectivity index (χ3v) is 6.39. The lowest BCUT2D eigenvalue weighted by Gasteiger charge is -2.34. The maximum absolute atomic E-state index is 12.5. The van der Waals surface area contributed by atoms with E-state index >= 15 is 0 Å². The van der Waals surface area contributed by atoms with Crippen LogP contribution in [0.15, 0.2) is 24.4 Å². The number of carbonyl (C=O) groups excluding carboxylic acids is 2. The van der Waals surface area contributed by atoms with E-state index < -0.39 is 0 Å². The van der Waals surface area contributed by atoms with Crippen LogP contribution in [0.25, 0.3) is 0 Å².